The number of nitrogens with one attached hydrogen (secondary N) is 1. The summed E-state index contributed by atoms with van der Waals surface area (Å²) < 4.78 is 27.5. The lowest BCUT2D eigenvalue weighted by atomic mass is 10.2. The van der Waals surface area contributed by atoms with Crippen LogP contribution < -0.4 is 4.72 Å². The van der Waals surface area contributed by atoms with E-state index in [0.717, 1.165) is 9.35 Å². The minimum absolute atomic E-state index is 0.152. The van der Waals surface area contributed by atoms with E-state index in [1.54, 1.807) is 0 Å². The Hall–Kier alpha value is -1.20. The molecule has 0 radical (unpaired) electrons. The molecule has 4 nitrogen and oxygen atoms in total. The first-order valence-corrected chi connectivity index (χ1v) is 8.40. The first-order valence-electron chi connectivity index (χ1n) is 5.24. The molecule has 0 saturated carbocycles. The summed E-state index contributed by atoms with van der Waals surface area (Å²) in [6.45, 7) is 0.237. The van der Waals surface area contributed by atoms with Crippen LogP contribution in [0.3, 0.4) is 0 Å². The van der Waals surface area contributed by atoms with E-state index in [1.807, 2.05) is 17.5 Å². The topological polar surface area (TPSA) is 70.0 Å². The van der Waals surface area contributed by atoms with Crippen LogP contribution in [-0.2, 0) is 16.6 Å². The van der Waals surface area contributed by atoms with Gasteiger partial charge in [-0.25, -0.2) is 13.1 Å². The van der Waals surface area contributed by atoms with Gasteiger partial charge in [0.25, 0.3) is 0 Å². The van der Waals surface area contributed by atoms with E-state index in [-0.39, 0.29) is 11.4 Å². The number of rotatable bonds is 4. The fourth-order valence-corrected chi connectivity index (χ4v) is 3.92. The number of hydrogen-bond donors (Lipinski definition) is 1. The summed E-state index contributed by atoms with van der Waals surface area (Å²) in [7, 11) is -3.55. The molecule has 2 rings (SSSR count). The van der Waals surface area contributed by atoms with Crippen LogP contribution in [0, 0.1) is 11.3 Å². The number of nitriles is 1. The van der Waals surface area contributed by atoms with E-state index in [1.165, 1.54) is 35.6 Å². The molecule has 19 heavy (non-hydrogen) atoms. The summed E-state index contributed by atoms with van der Waals surface area (Å²) in [4.78, 5) is 1.07. The molecule has 0 saturated heterocycles. The van der Waals surface area contributed by atoms with Gasteiger partial charge in [0.15, 0.2) is 0 Å². The third-order valence-corrected chi connectivity index (χ3v) is 5.75. The van der Waals surface area contributed by atoms with E-state index < -0.39 is 10.0 Å². The summed E-state index contributed by atoms with van der Waals surface area (Å²) in [6, 6.07) is 9.62. The van der Waals surface area contributed by atoms with Crippen LogP contribution in [0.1, 0.15) is 10.4 Å². The Labute approximate surface area is 123 Å². The van der Waals surface area contributed by atoms with Gasteiger partial charge >= 0.3 is 0 Å². The zero-order valence-electron chi connectivity index (χ0n) is 9.63. The second-order valence-electron chi connectivity index (χ2n) is 3.65. The van der Waals surface area contributed by atoms with Crippen LogP contribution in [0.2, 0.25) is 0 Å². The van der Waals surface area contributed by atoms with Crippen molar-refractivity contribution in [1.82, 2.24) is 4.72 Å². The lowest BCUT2D eigenvalue weighted by Gasteiger charge is -2.06. The zero-order valence-corrected chi connectivity index (χ0v) is 12.8. The van der Waals surface area contributed by atoms with Crippen LogP contribution >= 0.6 is 27.3 Å². The largest absolute Gasteiger partial charge is 0.240 e. The molecule has 0 spiro atoms. The normalized spacial score (nSPS) is 11.2. The highest BCUT2D eigenvalue weighted by molar-refractivity contribution is 9.10. The third-order valence-electron chi connectivity index (χ3n) is 2.41. The van der Waals surface area contributed by atoms with Gasteiger partial charge in [-0.05, 0) is 51.6 Å². The van der Waals surface area contributed by atoms with E-state index >= 15 is 0 Å². The SMILES string of the molecule is N#Cc1ccc(S(=O)(=O)NCc2sccc2Br)cc1. The van der Waals surface area contributed by atoms with E-state index in [0.29, 0.717) is 5.56 Å². The van der Waals surface area contributed by atoms with Gasteiger partial charge in [-0.1, -0.05) is 0 Å². The van der Waals surface area contributed by atoms with Crippen molar-refractivity contribution in [1.29, 1.82) is 5.26 Å². The number of sulfonamides is 1. The van der Waals surface area contributed by atoms with Gasteiger partial charge in [-0.2, -0.15) is 5.26 Å². The molecular weight excluding hydrogens is 348 g/mol. The molecule has 0 unspecified atom stereocenters. The minimum atomic E-state index is -3.55. The fraction of sp³-hybridized carbons (Fsp3) is 0.0833. The van der Waals surface area contributed by atoms with Crippen LogP contribution in [-0.4, -0.2) is 8.42 Å². The predicted molar refractivity (Wildman–Crippen MR) is 77.2 cm³/mol. The van der Waals surface area contributed by atoms with E-state index in [4.69, 9.17) is 5.26 Å². The average Bonchev–Trinajstić information content (AvgIpc) is 2.82. The highest BCUT2D eigenvalue weighted by atomic mass is 79.9. The molecule has 0 aliphatic rings. The quantitative estimate of drug-likeness (QED) is 0.915. The van der Waals surface area contributed by atoms with Crippen molar-refractivity contribution < 1.29 is 8.42 Å². The maximum atomic E-state index is 12.0. The Morgan fingerprint density at radius 2 is 1.95 bits per heavy atom. The summed E-state index contributed by atoms with van der Waals surface area (Å²) in [5, 5.41) is 10.6. The zero-order chi connectivity index (χ0) is 13.9. The fourth-order valence-electron chi connectivity index (χ4n) is 1.40. The van der Waals surface area contributed by atoms with Gasteiger partial charge in [0.1, 0.15) is 0 Å². The molecule has 1 N–H and O–H groups in total. The van der Waals surface area contributed by atoms with Gasteiger partial charge in [-0.15, -0.1) is 11.3 Å². The second kappa shape index (κ2) is 5.84. The molecule has 2 aromatic rings. The highest BCUT2D eigenvalue weighted by Crippen LogP contribution is 2.22. The lowest BCUT2D eigenvalue weighted by molar-refractivity contribution is 0.581. The van der Waals surface area contributed by atoms with Crippen LogP contribution in [0.4, 0.5) is 0 Å². The summed E-state index contributed by atoms with van der Waals surface area (Å²) >= 11 is 4.82. The monoisotopic (exact) mass is 356 g/mol. The first kappa shape index (κ1) is 14.2. The summed E-state index contributed by atoms with van der Waals surface area (Å²) in [5.74, 6) is 0. The molecule has 1 aromatic heterocycles. The third kappa shape index (κ3) is 3.42. The van der Waals surface area contributed by atoms with E-state index in [9.17, 15) is 8.42 Å². The minimum Gasteiger partial charge on any atom is -0.207 e. The predicted octanol–water partition coefficient (Wildman–Crippen LogP) is 2.86. The Morgan fingerprint density at radius 1 is 1.26 bits per heavy atom. The molecular formula is C12H9BrN2O2S2. The van der Waals surface area contributed by atoms with Gasteiger partial charge in [0.05, 0.1) is 16.5 Å². The highest BCUT2D eigenvalue weighted by Gasteiger charge is 2.14. The van der Waals surface area contributed by atoms with Crippen molar-refractivity contribution in [2.45, 2.75) is 11.4 Å². The van der Waals surface area contributed by atoms with Gasteiger partial charge in [0.2, 0.25) is 10.0 Å². The average molecular weight is 357 g/mol. The van der Waals surface area contributed by atoms with Crippen molar-refractivity contribution in [3.05, 3.63) is 50.6 Å². The molecule has 1 aromatic carbocycles. The maximum absolute atomic E-state index is 12.0. The van der Waals surface area contributed by atoms with Crippen LogP contribution in [0.15, 0.2) is 45.1 Å². The lowest BCUT2D eigenvalue weighted by Crippen LogP contribution is -2.22. The van der Waals surface area contributed by atoms with E-state index in [2.05, 4.69) is 20.7 Å². The first-order chi connectivity index (χ1) is 9.03. The van der Waals surface area contributed by atoms with Gasteiger partial charge in [0, 0.05) is 15.9 Å². The number of thiophene rings is 1. The Morgan fingerprint density at radius 3 is 2.47 bits per heavy atom. The number of halogens is 1. The molecule has 0 fully saturated rings. The molecule has 0 bridgehead atoms. The van der Waals surface area contributed by atoms with Crippen molar-refractivity contribution in [3.8, 4) is 6.07 Å². The summed E-state index contributed by atoms with van der Waals surface area (Å²) in [6.07, 6.45) is 0. The molecule has 0 aliphatic carbocycles. The smallest absolute Gasteiger partial charge is 0.207 e. The number of benzene rings is 1. The molecule has 1 heterocycles. The Kier molecular flexibility index (Phi) is 4.37. The Bertz CT molecular complexity index is 715. The maximum Gasteiger partial charge on any atom is 0.240 e. The second-order valence-corrected chi connectivity index (χ2v) is 7.27. The van der Waals surface area contributed by atoms with Crippen molar-refractivity contribution >= 4 is 37.3 Å². The molecule has 0 aliphatic heterocycles. The van der Waals surface area contributed by atoms with Crippen LogP contribution in [0.5, 0.6) is 0 Å². The summed E-state index contributed by atoms with van der Waals surface area (Å²) in [5.41, 5.74) is 0.431. The number of hydrogen-bond acceptors (Lipinski definition) is 4. The molecule has 7 heteroatoms. The Balaban J connectivity index is 2.14. The van der Waals surface area contributed by atoms with Crippen molar-refractivity contribution in [2.75, 3.05) is 0 Å². The molecule has 98 valence electrons. The van der Waals surface area contributed by atoms with Gasteiger partial charge < -0.3 is 0 Å². The molecule has 0 atom stereocenters. The van der Waals surface area contributed by atoms with Gasteiger partial charge in [-0.3, -0.25) is 0 Å². The number of nitrogens with zero attached hydrogens (tertiary/aromatic N) is 1. The van der Waals surface area contributed by atoms with Crippen molar-refractivity contribution in [2.24, 2.45) is 0 Å². The standard InChI is InChI=1S/C12H9BrN2O2S2/c13-11-5-6-18-12(11)8-15-19(16,17)10-3-1-9(7-14)2-4-10/h1-6,15H,8H2. The van der Waals surface area contributed by atoms with Crippen LogP contribution in [0.25, 0.3) is 0 Å². The molecule has 0 amide bonds. The van der Waals surface area contributed by atoms with Crippen molar-refractivity contribution in [3.63, 3.8) is 0 Å².